The normalized spacial score (nSPS) is 28.5. The minimum Gasteiger partial charge on any atom is -0.392 e. The molecule has 2 unspecified atom stereocenters. The molecule has 1 aromatic rings. The zero-order valence-corrected chi connectivity index (χ0v) is 6.75. The number of aliphatic hydroxyl groups excluding tert-OH is 1. The summed E-state index contributed by atoms with van der Waals surface area (Å²) in [5.41, 5.74) is 1.08. The summed E-state index contributed by atoms with van der Waals surface area (Å²) in [4.78, 5) is 0. The molecule has 0 aliphatic heterocycles. The van der Waals surface area contributed by atoms with Crippen LogP contribution >= 0.6 is 11.6 Å². The Morgan fingerprint density at radius 3 is 2.55 bits per heavy atom. The first-order valence-electron chi connectivity index (χ1n) is 3.71. The van der Waals surface area contributed by atoms with E-state index in [0.29, 0.717) is 5.92 Å². The SMILES string of the molecule is OC1CC1c1ccccc1Cl. The van der Waals surface area contributed by atoms with Crippen LogP contribution in [0, 0.1) is 0 Å². The van der Waals surface area contributed by atoms with E-state index in [0.717, 1.165) is 17.0 Å². The van der Waals surface area contributed by atoms with Gasteiger partial charge in [0.2, 0.25) is 0 Å². The highest BCUT2D eigenvalue weighted by Crippen LogP contribution is 2.43. The first-order chi connectivity index (χ1) is 5.29. The topological polar surface area (TPSA) is 20.2 Å². The van der Waals surface area contributed by atoms with Crippen molar-refractivity contribution < 1.29 is 5.11 Å². The fraction of sp³-hybridized carbons (Fsp3) is 0.333. The third-order valence-corrected chi connectivity index (χ3v) is 2.41. The summed E-state index contributed by atoms with van der Waals surface area (Å²) in [7, 11) is 0. The van der Waals surface area contributed by atoms with E-state index in [1.807, 2.05) is 24.3 Å². The molecule has 0 spiro atoms. The largest absolute Gasteiger partial charge is 0.392 e. The Hall–Kier alpha value is -0.530. The third kappa shape index (κ3) is 1.26. The molecule has 11 heavy (non-hydrogen) atoms. The van der Waals surface area contributed by atoms with Crippen LogP contribution in [0.25, 0.3) is 0 Å². The molecule has 2 heteroatoms. The average Bonchev–Trinajstić information content (AvgIpc) is 2.68. The molecule has 1 N–H and O–H groups in total. The first kappa shape index (κ1) is 7.14. The molecular formula is C9H9ClO. The Balaban J connectivity index is 2.31. The second kappa shape index (κ2) is 2.50. The van der Waals surface area contributed by atoms with Crippen molar-refractivity contribution in [3.05, 3.63) is 34.9 Å². The van der Waals surface area contributed by atoms with E-state index in [2.05, 4.69) is 0 Å². The summed E-state index contributed by atoms with van der Waals surface area (Å²) in [6.45, 7) is 0. The molecule has 2 rings (SSSR count). The zero-order valence-electron chi connectivity index (χ0n) is 6.00. The van der Waals surface area contributed by atoms with Gasteiger partial charge in [-0.2, -0.15) is 0 Å². The Morgan fingerprint density at radius 2 is 2.00 bits per heavy atom. The van der Waals surface area contributed by atoms with Gasteiger partial charge >= 0.3 is 0 Å². The molecule has 1 saturated carbocycles. The van der Waals surface area contributed by atoms with Crippen molar-refractivity contribution in [1.82, 2.24) is 0 Å². The molecule has 1 aromatic carbocycles. The van der Waals surface area contributed by atoms with Gasteiger partial charge in [-0.1, -0.05) is 29.8 Å². The lowest BCUT2D eigenvalue weighted by atomic mass is 10.1. The maximum atomic E-state index is 9.15. The van der Waals surface area contributed by atoms with Gasteiger partial charge in [0.1, 0.15) is 0 Å². The molecule has 1 nitrogen and oxygen atoms in total. The van der Waals surface area contributed by atoms with Crippen LogP contribution < -0.4 is 0 Å². The van der Waals surface area contributed by atoms with E-state index in [1.165, 1.54) is 0 Å². The molecule has 0 saturated heterocycles. The fourth-order valence-corrected chi connectivity index (χ4v) is 1.57. The molecule has 1 aliphatic rings. The highest BCUT2D eigenvalue weighted by Gasteiger charge is 2.37. The minimum absolute atomic E-state index is 0.158. The van der Waals surface area contributed by atoms with Crippen molar-refractivity contribution in [2.75, 3.05) is 0 Å². The standard InChI is InChI=1S/C9H9ClO/c10-8-4-2-1-3-6(8)7-5-9(7)11/h1-4,7,9,11H,5H2. The van der Waals surface area contributed by atoms with Gasteiger partial charge < -0.3 is 5.11 Å². The Labute approximate surface area is 70.6 Å². The quantitative estimate of drug-likeness (QED) is 0.682. The van der Waals surface area contributed by atoms with Crippen molar-refractivity contribution in [2.24, 2.45) is 0 Å². The van der Waals surface area contributed by atoms with E-state index >= 15 is 0 Å². The van der Waals surface area contributed by atoms with E-state index in [4.69, 9.17) is 16.7 Å². The number of rotatable bonds is 1. The molecule has 0 heterocycles. The van der Waals surface area contributed by atoms with Gasteiger partial charge in [0.15, 0.2) is 0 Å². The van der Waals surface area contributed by atoms with Crippen LogP contribution in [0.5, 0.6) is 0 Å². The first-order valence-corrected chi connectivity index (χ1v) is 4.09. The van der Waals surface area contributed by atoms with Gasteiger partial charge in [0, 0.05) is 10.9 Å². The molecular weight excluding hydrogens is 160 g/mol. The van der Waals surface area contributed by atoms with Gasteiger partial charge in [-0.3, -0.25) is 0 Å². The van der Waals surface area contributed by atoms with E-state index in [1.54, 1.807) is 0 Å². The number of halogens is 1. The summed E-state index contributed by atoms with van der Waals surface area (Å²) < 4.78 is 0. The second-order valence-electron chi connectivity index (χ2n) is 2.93. The molecule has 0 amide bonds. The Bertz CT molecular complexity index is 272. The van der Waals surface area contributed by atoms with Crippen molar-refractivity contribution in [3.63, 3.8) is 0 Å². The predicted molar refractivity (Wildman–Crippen MR) is 44.8 cm³/mol. The van der Waals surface area contributed by atoms with Crippen molar-refractivity contribution in [2.45, 2.75) is 18.4 Å². The van der Waals surface area contributed by atoms with Crippen molar-refractivity contribution in [1.29, 1.82) is 0 Å². The van der Waals surface area contributed by atoms with Gasteiger partial charge in [-0.15, -0.1) is 0 Å². The molecule has 58 valence electrons. The lowest BCUT2D eigenvalue weighted by Crippen LogP contribution is -1.86. The van der Waals surface area contributed by atoms with Crippen molar-refractivity contribution in [3.8, 4) is 0 Å². The lowest BCUT2D eigenvalue weighted by Gasteiger charge is -1.99. The Kier molecular flexibility index (Phi) is 1.63. The summed E-state index contributed by atoms with van der Waals surface area (Å²) in [6.07, 6.45) is 0.707. The number of hydrogen-bond acceptors (Lipinski definition) is 1. The molecule has 0 aromatic heterocycles. The lowest BCUT2D eigenvalue weighted by molar-refractivity contribution is 0.272. The summed E-state index contributed by atoms with van der Waals surface area (Å²) in [5, 5.41) is 9.92. The van der Waals surface area contributed by atoms with Crippen LogP contribution in [-0.4, -0.2) is 11.2 Å². The predicted octanol–water partition coefficient (Wildman–Crippen LogP) is 2.19. The third-order valence-electron chi connectivity index (χ3n) is 2.06. The molecule has 2 atom stereocenters. The maximum absolute atomic E-state index is 9.15. The summed E-state index contributed by atoms with van der Waals surface area (Å²) in [6, 6.07) is 7.69. The van der Waals surface area contributed by atoms with Crippen molar-refractivity contribution >= 4 is 11.6 Å². The number of hydrogen-bond donors (Lipinski definition) is 1. The average molecular weight is 169 g/mol. The maximum Gasteiger partial charge on any atom is 0.0617 e. The van der Waals surface area contributed by atoms with Crippen LogP contribution in [-0.2, 0) is 0 Å². The van der Waals surface area contributed by atoms with Gasteiger partial charge in [0.25, 0.3) is 0 Å². The van der Waals surface area contributed by atoms with Gasteiger partial charge in [0.05, 0.1) is 6.10 Å². The fourth-order valence-electron chi connectivity index (χ4n) is 1.29. The van der Waals surface area contributed by atoms with Crippen LogP contribution in [0.15, 0.2) is 24.3 Å². The molecule has 1 aliphatic carbocycles. The highest BCUT2D eigenvalue weighted by atomic mass is 35.5. The minimum atomic E-state index is -0.158. The van der Waals surface area contributed by atoms with E-state index < -0.39 is 0 Å². The van der Waals surface area contributed by atoms with Crippen LogP contribution in [0.1, 0.15) is 17.9 Å². The molecule has 1 fully saturated rings. The summed E-state index contributed by atoms with van der Waals surface area (Å²) in [5.74, 6) is 0.295. The second-order valence-corrected chi connectivity index (χ2v) is 3.34. The molecule has 0 bridgehead atoms. The van der Waals surface area contributed by atoms with Crippen LogP contribution in [0.4, 0.5) is 0 Å². The highest BCUT2D eigenvalue weighted by molar-refractivity contribution is 6.31. The number of benzene rings is 1. The van der Waals surface area contributed by atoms with E-state index in [9.17, 15) is 0 Å². The van der Waals surface area contributed by atoms with Crippen LogP contribution in [0.3, 0.4) is 0 Å². The van der Waals surface area contributed by atoms with Gasteiger partial charge in [-0.05, 0) is 18.1 Å². The number of aliphatic hydroxyl groups is 1. The zero-order chi connectivity index (χ0) is 7.84. The van der Waals surface area contributed by atoms with Crippen LogP contribution in [0.2, 0.25) is 5.02 Å². The Morgan fingerprint density at radius 1 is 1.36 bits per heavy atom. The van der Waals surface area contributed by atoms with Gasteiger partial charge in [-0.25, -0.2) is 0 Å². The molecule has 0 radical (unpaired) electrons. The monoisotopic (exact) mass is 168 g/mol. The van der Waals surface area contributed by atoms with E-state index in [-0.39, 0.29) is 6.10 Å². The smallest absolute Gasteiger partial charge is 0.0617 e. The summed E-state index contributed by atoms with van der Waals surface area (Å²) >= 11 is 5.91.